The fraction of sp³-hybridized carbons (Fsp3) is 0.571. The summed E-state index contributed by atoms with van der Waals surface area (Å²) in [6.45, 7) is 4.97. The second kappa shape index (κ2) is 7.74. The lowest BCUT2D eigenvalue weighted by Crippen LogP contribution is -2.16. The molecular formula is C14H22N2O3. The minimum Gasteiger partial charge on any atom is -0.396 e. The Morgan fingerprint density at radius 3 is 2.68 bits per heavy atom. The molecule has 1 rings (SSSR count). The van der Waals surface area contributed by atoms with Gasteiger partial charge < -0.3 is 10.4 Å². The first-order valence-electron chi connectivity index (χ1n) is 6.68. The van der Waals surface area contributed by atoms with Crippen LogP contribution < -0.4 is 5.32 Å². The van der Waals surface area contributed by atoms with E-state index >= 15 is 0 Å². The summed E-state index contributed by atoms with van der Waals surface area (Å²) in [5, 5.41) is 23.0. The van der Waals surface area contributed by atoms with E-state index in [1.165, 1.54) is 6.07 Å². The lowest BCUT2D eigenvalue weighted by molar-refractivity contribution is -0.384. The largest absolute Gasteiger partial charge is 0.396 e. The van der Waals surface area contributed by atoms with Gasteiger partial charge >= 0.3 is 0 Å². The van der Waals surface area contributed by atoms with Gasteiger partial charge in [-0.05, 0) is 37.3 Å². The summed E-state index contributed by atoms with van der Waals surface area (Å²) in [4.78, 5) is 10.3. The number of non-ortho nitro benzene ring substituents is 1. The summed E-state index contributed by atoms with van der Waals surface area (Å²) in [6.07, 6.45) is 2.94. The third-order valence-electron chi connectivity index (χ3n) is 3.24. The van der Waals surface area contributed by atoms with Crippen molar-refractivity contribution in [1.29, 1.82) is 0 Å². The number of benzene rings is 1. The van der Waals surface area contributed by atoms with Gasteiger partial charge in [-0.1, -0.05) is 13.3 Å². The molecule has 0 aliphatic rings. The first-order chi connectivity index (χ1) is 9.08. The van der Waals surface area contributed by atoms with Gasteiger partial charge in [0.15, 0.2) is 0 Å². The van der Waals surface area contributed by atoms with Crippen molar-refractivity contribution >= 4 is 11.4 Å². The van der Waals surface area contributed by atoms with Crippen LogP contribution in [0.15, 0.2) is 18.2 Å². The van der Waals surface area contributed by atoms with Crippen LogP contribution in [0.2, 0.25) is 0 Å². The maximum atomic E-state index is 10.7. The third kappa shape index (κ3) is 4.87. The molecule has 0 heterocycles. The molecular weight excluding hydrogens is 244 g/mol. The second-order valence-corrected chi connectivity index (χ2v) is 4.80. The molecule has 0 bridgehead atoms. The Hall–Kier alpha value is -1.62. The number of hydrogen-bond acceptors (Lipinski definition) is 4. The Morgan fingerprint density at radius 2 is 2.16 bits per heavy atom. The van der Waals surface area contributed by atoms with Gasteiger partial charge in [0.1, 0.15) is 0 Å². The van der Waals surface area contributed by atoms with Crippen molar-refractivity contribution in [3.63, 3.8) is 0 Å². The van der Waals surface area contributed by atoms with Crippen LogP contribution in [-0.2, 0) is 0 Å². The SMILES string of the molecule is CCCC(CCO)CNc1ccc([N+](=O)[O-])cc1C. The summed E-state index contributed by atoms with van der Waals surface area (Å²) in [5.74, 6) is 0.435. The van der Waals surface area contributed by atoms with Crippen LogP contribution in [0, 0.1) is 23.0 Å². The van der Waals surface area contributed by atoms with Crippen molar-refractivity contribution in [1.82, 2.24) is 0 Å². The summed E-state index contributed by atoms with van der Waals surface area (Å²) < 4.78 is 0. The first-order valence-corrected chi connectivity index (χ1v) is 6.68. The zero-order chi connectivity index (χ0) is 14.3. The molecule has 0 aromatic heterocycles. The number of aryl methyl sites for hydroxylation is 1. The fourth-order valence-corrected chi connectivity index (χ4v) is 2.15. The third-order valence-corrected chi connectivity index (χ3v) is 3.24. The first kappa shape index (κ1) is 15.4. The summed E-state index contributed by atoms with van der Waals surface area (Å²) >= 11 is 0. The molecule has 0 radical (unpaired) electrons. The van der Waals surface area contributed by atoms with Crippen molar-refractivity contribution in [3.05, 3.63) is 33.9 Å². The van der Waals surface area contributed by atoms with Crippen molar-refractivity contribution in [2.75, 3.05) is 18.5 Å². The summed E-state index contributed by atoms with van der Waals surface area (Å²) in [7, 11) is 0. The number of nitro benzene ring substituents is 1. The molecule has 0 aliphatic heterocycles. The summed E-state index contributed by atoms with van der Waals surface area (Å²) in [5.41, 5.74) is 1.90. The van der Waals surface area contributed by atoms with E-state index in [0.29, 0.717) is 5.92 Å². The molecule has 1 unspecified atom stereocenters. The Morgan fingerprint density at radius 1 is 1.42 bits per heavy atom. The molecule has 19 heavy (non-hydrogen) atoms. The molecule has 0 saturated heterocycles. The van der Waals surface area contributed by atoms with E-state index in [1.807, 2.05) is 6.92 Å². The quantitative estimate of drug-likeness (QED) is 0.560. The van der Waals surface area contributed by atoms with Gasteiger partial charge in [-0.3, -0.25) is 10.1 Å². The molecule has 1 aromatic rings. The van der Waals surface area contributed by atoms with Crippen LogP contribution in [-0.4, -0.2) is 23.2 Å². The number of hydrogen-bond donors (Lipinski definition) is 2. The zero-order valence-electron chi connectivity index (χ0n) is 11.6. The minimum atomic E-state index is -0.386. The van der Waals surface area contributed by atoms with E-state index in [9.17, 15) is 10.1 Å². The second-order valence-electron chi connectivity index (χ2n) is 4.80. The molecule has 0 saturated carbocycles. The molecule has 5 nitrogen and oxygen atoms in total. The van der Waals surface area contributed by atoms with Gasteiger partial charge in [0, 0.05) is 31.0 Å². The molecule has 1 aromatic carbocycles. The zero-order valence-corrected chi connectivity index (χ0v) is 11.6. The number of nitro groups is 1. The molecule has 106 valence electrons. The monoisotopic (exact) mass is 266 g/mol. The number of nitrogens with zero attached hydrogens (tertiary/aromatic N) is 1. The Bertz CT molecular complexity index is 415. The highest BCUT2D eigenvalue weighted by molar-refractivity contribution is 5.55. The number of anilines is 1. The van der Waals surface area contributed by atoms with Crippen LogP contribution in [0.3, 0.4) is 0 Å². The van der Waals surface area contributed by atoms with Crippen molar-refractivity contribution in [2.24, 2.45) is 5.92 Å². The van der Waals surface area contributed by atoms with Crippen molar-refractivity contribution in [3.8, 4) is 0 Å². The van der Waals surface area contributed by atoms with E-state index in [2.05, 4.69) is 12.2 Å². The van der Waals surface area contributed by atoms with E-state index in [4.69, 9.17) is 5.11 Å². The Kier molecular flexibility index (Phi) is 6.29. The van der Waals surface area contributed by atoms with E-state index in [0.717, 1.165) is 37.1 Å². The smallest absolute Gasteiger partial charge is 0.269 e. The highest BCUT2D eigenvalue weighted by Gasteiger charge is 2.10. The minimum absolute atomic E-state index is 0.114. The van der Waals surface area contributed by atoms with Gasteiger partial charge in [0.2, 0.25) is 0 Å². The van der Waals surface area contributed by atoms with Crippen LogP contribution in [0.25, 0.3) is 0 Å². The van der Waals surface area contributed by atoms with Crippen LogP contribution in [0.5, 0.6) is 0 Å². The highest BCUT2D eigenvalue weighted by Crippen LogP contribution is 2.22. The van der Waals surface area contributed by atoms with E-state index in [1.54, 1.807) is 12.1 Å². The predicted molar refractivity (Wildman–Crippen MR) is 76.4 cm³/mol. The molecule has 0 spiro atoms. The standard InChI is InChI=1S/C14H22N2O3/c1-3-4-12(7-8-17)10-15-14-6-5-13(16(18)19)9-11(14)2/h5-6,9,12,15,17H,3-4,7-8,10H2,1-2H3. The maximum absolute atomic E-state index is 10.7. The van der Waals surface area contributed by atoms with Crippen molar-refractivity contribution in [2.45, 2.75) is 33.1 Å². The average molecular weight is 266 g/mol. The van der Waals surface area contributed by atoms with Crippen LogP contribution in [0.4, 0.5) is 11.4 Å². The predicted octanol–water partition coefficient (Wildman–Crippen LogP) is 3.11. The molecule has 0 amide bonds. The lowest BCUT2D eigenvalue weighted by atomic mass is 10.00. The molecule has 0 aliphatic carbocycles. The number of aliphatic hydroxyl groups is 1. The number of aliphatic hydroxyl groups excluding tert-OH is 1. The molecule has 1 atom stereocenters. The maximum Gasteiger partial charge on any atom is 0.269 e. The van der Waals surface area contributed by atoms with Gasteiger partial charge in [0.25, 0.3) is 5.69 Å². The van der Waals surface area contributed by atoms with Gasteiger partial charge in [-0.15, -0.1) is 0 Å². The van der Waals surface area contributed by atoms with Gasteiger partial charge in [0.05, 0.1) is 4.92 Å². The Labute approximate surface area is 113 Å². The molecule has 2 N–H and O–H groups in total. The highest BCUT2D eigenvalue weighted by atomic mass is 16.6. The molecule has 5 heteroatoms. The van der Waals surface area contributed by atoms with Crippen LogP contribution in [0.1, 0.15) is 31.7 Å². The average Bonchev–Trinajstić information content (AvgIpc) is 2.37. The normalized spacial score (nSPS) is 12.2. The van der Waals surface area contributed by atoms with Crippen molar-refractivity contribution < 1.29 is 10.0 Å². The molecule has 0 fully saturated rings. The van der Waals surface area contributed by atoms with Crippen LogP contribution >= 0.6 is 0 Å². The summed E-state index contributed by atoms with van der Waals surface area (Å²) in [6, 6.07) is 4.83. The number of nitrogens with one attached hydrogen (secondary N) is 1. The fourth-order valence-electron chi connectivity index (χ4n) is 2.15. The number of rotatable bonds is 8. The topological polar surface area (TPSA) is 75.4 Å². The van der Waals surface area contributed by atoms with E-state index in [-0.39, 0.29) is 17.2 Å². The van der Waals surface area contributed by atoms with Gasteiger partial charge in [-0.25, -0.2) is 0 Å². The van der Waals surface area contributed by atoms with E-state index < -0.39 is 0 Å². The lowest BCUT2D eigenvalue weighted by Gasteiger charge is -2.17. The van der Waals surface area contributed by atoms with Gasteiger partial charge in [-0.2, -0.15) is 0 Å². The Balaban J connectivity index is 2.63.